The second kappa shape index (κ2) is 9.07. The van der Waals surface area contributed by atoms with Gasteiger partial charge in [0.25, 0.3) is 5.56 Å². The zero-order valence-electron chi connectivity index (χ0n) is 21.1. The molecule has 182 valence electrons. The summed E-state index contributed by atoms with van der Waals surface area (Å²) in [5.41, 5.74) is 4.25. The van der Waals surface area contributed by atoms with Gasteiger partial charge in [0, 0.05) is 11.3 Å². The van der Waals surface area contributed by atoms with Gasteiger partial charge in [0.2, 0.25) is 5.89 Å². The second-order valence-electron chi connectivity index (χ2n) is 9.42. The highest BCUT2D eigenvalue weighted by Crippen LogP contribution is 2.25. The Morgan fingerprint density at radius 2 is 1.61 bits per heavy atom. The van der Waals surface area contributed by atoms with Gasteiger partial charge in [-0.15, -0.1) is 0 Å². The van der Waals surface area contributed by atoms with Crippen molar-refractivity contribution in [1.29, 1.82) is 0 Å². The molecule has 0 atom stereocenters. The number of hydrogen-bond donors (Lipinski definition) is 0. The molecule has 0 bridgehead atoms. The monoisotopic (exact) mass is 480 g/mol. The summed E-state index contributed by atoms with van der Waals surface area (Å²) >= 11 is 0. The summed E-state index contributed by atoms with van der Waals surface area (Å²) in [7, 11) is 0. The van der Waals surface area contributed by atoms with E-state index < -0.39 is 11.2 Å². The van der Waals surface area contributed by atoms with Gasteiger partial charge in [0.15, 0.2) is 5.65 Å². The molecule has 5 aromatic rings. The van der Waals surface area contributed by atoms with E-state index >= 15 is 0 Å². The van der Waals surface area contributed by atoms with E-state index in [2.05, 4.69) is 35.9 Å². The van der Waals surface area contributed by atoms with Crippen LogP contribution >= 0.6 is 0 Å². The molecule has 3 aromatic heterocycles. The average Bonchev–Trinajstić information content (AvgIpc) is 3.22. The van der Waals surface area contributed by atoms with Crippen LogP contribution in [-0.2, 0) is 6.54 Å². The molecule has 0 saturated heterocycles. The number of nitrogens with zero attached hydrogens (tertiary/aromatic N) is 4. The number of oxazole rings is 1. The molecule has 7 heteroatoms. The molecule has 0 radical (unpaired) electrons. The Balaban J connectivity index is 1.66. The third kappa shape index (κ3) is 4.06. The van der Waals surface area contributed by atoms with E-state index in [1.807, 2.05) is 62.4 Å². The van der Waals surface area contributed by atoms with Gasteiger partial charge in [-0.2, -0.15) is 0 Å². The maximum atomic E-state index is 13.7. The van der Waals surface area contributed by atoms with Crippen LogP contribution in [0.2, 0.25) is 0 Å². The van der Waals surface area contributed by atoms with Crippen molar-refractivity contribution in [2.24, 2.45) is 0 Å². The molecule has 0 aliphatic carbocycles. The van der Waals surface area contributed by atoms with Crippen molar-refractivity contribution in [1.82, 2.24) is 19.1 Å². The predicted octanol–water partition coefficient (Wildman–Crippen LogP) is 5.30. The molecule has 5 rings (SSSR count). The number of pyridine rings is 1. The smallest absolute Gasteiger partial charge is 0.337 e. The first-order valence-corrected chi connectivity index (χ1v) is 12.0. The number of hydrogen-bond acceptors (Lipinski definition) is 5. The molecule has 0 amide bonds. The van der Waals surface area contributed by atoms with E-state index in [-0.39, 0.29) is 6.54 Å². The standard InChI is InChI=1S/C29H28N4O3/c1-17(2)21-11-13-22(14-12-21)27-31-24(20(5)36-27)16-32-28(34)25-18(3)15-19(4)30-26(25)33(29(32)35)23-9-7-6-8-10-23/h6-15,17H,16H2,1-5H3. The van der Waals surface area contributed by atoms with E-state index in [9.17, 15) is 9.59 Å². The molecular formula is C29H28N4O3. The Kier molecular flexibility index (Phi) is 5.92. The lowest BCUT2D eigenvalue weighted by atomic mass is 10.0. The van der Waals surface area contributed by atoms with Gasteiger partial charge >= 0.3 is 5.69 Å². The van der Waals surface area contributed by atoms with E-state index in [4.69, 9.17) is 4.42 Å². The van der Waals surface area contributed by atoms with Gasteiger partial charge in [-0.1, -0.05) is 44.2 Å². The van der Waals surface area contributed by atoms with Crippen LogP contribution in [0.5, 0.6) is 0 Å². The van der Waals surface area contributed by atoms with Crippen molar-refractivity contribution in [2.45, 2.75) is 47.1 Å². The van der Waals surface area contributed by atoms with Crippen molar-refractivity contribution >= 4 is 11.0 Å². The summed E-state index contributed by atoms with van der Waals surface area (Å²) in [6.07, 6.45) is 0. The maximum absolute atomic E-state index is 13.7. The summed E-state index contributed by atoms with van der Waals surface area (Å²) in [6.45, 7) is 9.79. The van der Waals surface area contributed by atoms with Gasteiger partial charge in [0.1, 0.15) is 11.5 Å². The summed E-state index contributed by atoms with van der Waals surface area (Å²) < 4.78 is 8.66. The van der Waals surface area contributed by atoms with Crippen LogP contribution in [0.4, 0.5) is 0 Å². The minimum Gasteiger partial charge on any atom is -0.441 e. The zero-order chi connectivity index (χ0) is 25.6. The first kappa shape index (κ1) is 23.5. The average molecular weight is 481 g/mol. The summed E-state index contributed by atoms with van der Waals surface area (Å²) in [5.74, 6) is 1.45. The van der Waals surface area contributed by atoms with Gasteiger partial charge in [0.05, 0.1) is 17.6 Å². The highest BCUT2D eigenvalue weighted by molar-refractivity contribution is 5.79. The third-order valence-corrected chi connectivity index (χ3v) is 6.46. The van der Waals surface area contributed by atoms with Crippen LogP contribution in [0.15, 0.2) is 74.7 Å². The van der Waals surface area contributed by atoms with E-state index in [0.717, 1.165) is 16.8 Å². The zero-order valence-corrected chi connectivity index (χ0v) is 21.1. The molecule has 0 spiro atoms. The molecule has 0 N–H and O–H groups in total. The fourth-order valence-corrected chi connectivity index (χ4v) is 4.48. The lowest BCUT2D eigenvalue weighted by molar-refractivity contribution is 0.536. The molecule has 0 fully saturated rings. The van der Waals surface area contributed by atoms with E-state index in [1.165, 1.54) is 14.7 Å². The third-order valence-electron chi connectivity index (χ3n) is 6.46. The number of rotatable bonds is 5. The largest absolute Gasteiger partial charge is 0.441 e. The summed E-state index contributed by atoms with van der Waals surface area (Å²) in [4.78, 5) is 36.6. The normalized spacial score (nSPS) is 11.5. The fourth-order valence-electron chi connectivity index (χ4n) is 4.48. The molecule has 0 aliphatic heterocycles. The van der Waals surface area contributed by atoms with Gasteiger partial charge in [-0.25, -0.2) is 19.3 Å². The Labute approximate surface area is 208 Å². The van der Waals surface area contributed by atoms with Crippen molar-refractivity contribution in [3.63, 3.8) is 0 Å². The number of para-hydroxylation sites is 1. The lowest BCUT2D eigenvalue weighted by Crippen LogP contribution is -2.40. The number of aromatic nitrogens is 4. The van der Waals surface area contributed by atoms with Crippen molar-refractivity contribution < 1.29 is 4.42 Å². The highest BCUT2D eigenvalue weighted by Gasteiger charge is 2.20. The van der Waals surface area contributed by atoms with Crippen molar-refractivity contribution in [3.05, 3.63) is 110 Å². The van der Waals surface area contributed by atoms with Crippen LogP contribution in [0.1, 0.15) is 48.0 Å². The Morgan fingerprint density at radius 1 is 0.917 bits per heavy atom. The molecule has 2 aromatic carbocycles. The van der Waals surface area contributed by atoms with Crippen LogP contribution in [-0.4, -0.2) is 19.1 Å². The highest BCUT2D eigenvalue weighted by atomic mass is 16.4. The Morgan fingerprint density at radius 3 is 2.28 bits per heavy atom. The van der Waals surface area contributed by atoms with Gasteiger partial charge < -0.3 is 4.42 Å². The summed E-state index contributed by atoms with van der Waals surface area (Å²) in [6, 6.07) is 19.2. The van der Waals surface area contributed by atoms with Gasteiger partial charge in [-0.3, -0.25) is 9.36 Å². The lowest BCUT2D eigenvalue weighted by Gasteiger charge is -2.15. The minimum atomic E-state index is -0.471. The molecule has 0 aliphatic rings. The number of aryl methyl sites for hydroxylation is 3. The molecule has 0 unspecified atom stereocenters. The first-order chi connectivity index (χ1) is 17.2. The second-order valence-corrected chi connectivity index (χ2v) is 9.42. The minimum absolute atomic E-state index is 0.00678. The van der Waals surface area contributed by atoms with Crippen LogP contribution in [0, 0.1) is 20.8 Å². The SMILES string of the molecule is Cc1cc(C)c2c(=O)n(Cc3nc(-c4ccc(C(C)C)cc4)oc3C)c(=O)n(-c3ccccc3)c2n1. The van der Waals surface area contributed by atoms with Crippen molar-refractivity contribution in [2.75, 3.05) is 0 Å². The maximum Gasteiger partial charge on any atom is 0.337 e. The molecule has 7 nitrogen and oxygen atoms in total. The fraction of sp³-hybridized carbons (Fsp3) is 0.241. The topological polar surface area (TPSA) is 82.9 Å². The first-order valence-electron chi connectivity index (χ1n) is 12.0. The predicted molar refractivity (Wildman–Crippen MR) is 141 cm³/mol. The van der Waals surface area contributed by atoms with Crippen LogP contribution in [0.25, 0.3) is 28.2 Å². The van der Waals surface area contributed by atoms with Gasteiger partial charge in [-0.05, 0) is 68.1 Å². The molecule has 36 heavy (non-hydrogen) atoms. The summed E-state index contributed by atoms with van der Waals surface area (Å²) in [5, 5.41) is 0.412. The van der Waals surface area contributed by atoms with E-state index in [1.54, 1.807) is 6.92 Å². The Hall–Kier alpha value is -4.26. The molecule has 0 saturated carbocycles. The number of fused-ring (bicyclic) bond motifs is 1. The van der Waals surface area contributed by atoms with Crippen LogP contribution < -0.4 is 11.2 Å². The van der Waals surface area contributed by atoms with E-state index in [0.29, 0.717) is 40.0 Å². The van der Waals surface area contributed by atoms with Crippen molar-refractivity contribution in [3.8, 4) is 17.1 Å². The molecule has 3 heterocycles. The number of benzene rings is 2. The quantitative estimate of drug-likeness (QED) is 0.341. The van der Waals surface area contributed by atoms with Crippen LogP contribution in [0.3, 0.4) is 0 Å². The Bertz CT molecular complexity index is 1690. The molecular weight excluding hydrogens is 452 g/mol.